The summed E-state index contributed by atoms with van der Waals surface area (Å²) in [4.78, 5) is 34.5. The molecule has 0 bridgehead atoms. The smallest absolute Gasteiger partial charge is 0.259 e. The van der Waals surface area contributed by atoms with Crippen molar-refractivity contribution in [2.75, 3.05) is 10.6 Å². The molecule has 5 rings (SSSR count). The number of hydrogen-bond donors (Lipinski definition) is 3. The molecule has 200 valence electrons. The van der Waals surface area contributed by atoms with Crippen LogP contribution in [0.15, 0.2) is 109 Å². The Bertz CT molecular complexity index is 1810. The molecular weight excluding hydrogens is 552 g/mol. The lowest BCUT2D eigenvalue weighted by Crippen LogP contribution is -2.19. The van der Waals surface area contributed by atoms with Gasteiger partial charge in [-0.1, -0.05) is 41.9 Å². The third-order valence-corrected chi connectivity index (χ3v) is 7.11. The van der Waals surface area contributed by atoms with Crippen LogP contribution in [0.25, 0.3) is 16.8 Å². The second-order valence-corrected chi connectivity index (χ2v) is 10.6. The number of imidazole rings is 1. The van der Waals surface area contributed by atoms with Crippen LogP contribution in [-0.4, -0.2) is 34.8 Å². The first-order valence-electron chi connectivity index (χ1n) is 11.8. The van der Waals surface area contributed by atoms with Crippen LogP contribution in [0.1, 0.15) is 20.7 Å². The van der Waals surface area contributed by atoms with Gasteiger partial charge in [0.15, 0.2) is 0 Å². The van der Waals surface area contributed by atoms with Crippen LogP contribution in [0.4, 0.5) is 11.5 Å². The number of sulfonamides is 1. The maximum Gasteiger partial charge on any atom is 0.259 e. The Kier molecular flexibility index (Phi) is 7.43. The third-order valence-electron chi connectivity index (χ3n) is 5.92. The molecule has 0 aliphatic rings. The molecule has 0 saturated heterocycles. The standard InChI is InChI=1S/C28H21ClN6O4S/c29-20-9-12-26(32-16-20)34-28(37)23-15-21(35-14-13-31-17-35)10-11-24(23)33-27(36)19-7-5-18(6-8-19)22-3-1-2-4-25(22)40(30,38)39/h1-17H,(H,33,36)(H2,30,38,39)(H,32,34,37). The van der Waals surface area contributed by atoms with Crippen molar-refractivity contribution in [3.8, 4) is 16.8 Å². The van der Waals surface area contributed by atoms with Crippen molar-refractivity contribution in [3.05, 3.63) is 120 Å². The first kappa shape index (κ1) is 26.8. The van der Waals surface area contributed by atoms with Crippen molar-refractivity contribution in [2.24, 2.45) is 5.14 Å². The molecule has 5 aromatic rings. The highest BCUT2D eigenvalue weighted by Gasteiger charge is 2.18. The molecule has 0 saturated carbocycles. The number of amides is 2. The number of anilines is 2. The zero-order valence-electron chi connectivity index (χ0n) is 20.7. The Morgan fingerprint density at radius 1 is 0.900 bits per heavy atom. The van der Waals surface area contributed by atoms with Crippen molar-refractivity contribution in [2.45, 2.75) is 4.90 Å². The number of carbonyl (C=O) groups excluding carboxylic acids is 2. The number of primary sulfonamides is 1. The molecular formula is C28H21ClN6O4S. The van der Waals surface area contributed by atoms with Crippen molar-refractivity contribution >= 4 is 44.9 Å². The molecule has 0 unspecified atom stereocenters. The van der Waals surface area contributed by atoms with E-state index in [4.69, 9.17) is 16.7 Å². The van der Waals surface area contributed by atoms with Crippen molar-refractivity contribution in [1.82, 2.24) is 14.5 Å². The predicted octanol–water partition coefficient (Wildman–Crippen LogP) is 4.74. The van der Waals surface area contributed by atoms with Crippen LogP contribution in [0.2, 0.25) is 5.02 Å². The monoisotopic (exact) mass is 572 g/mol. The summed E-state index contributed by atoms with van der Waals surface area (Å²) in [6.45, 7) is 0. The molecule has 40 heavy (non-hydrogen) atoms. The van der Waals surface area contributed by atoms with Gasteiger partial charge in [0, 0.05) is 35.4 Å². The van der Waals surface area contributed by atoms with Gasteiger partial charge in [-0.05, 0) is 54.1 Å². The van der Waals surface area contributed by atoms with Crippen LogP contribution in [0, 0.1) is 0 Å². The zero-order valence-corrected chi connectivity index (χ0v) is 22.2. The van der Waals surface area contributed by atoms with E-state index in [1.54, 1.807) is 96.1 Å². The van der Waals surface area contributed by atoms with Gasteiger partial charge >= 0.3 is 0 Å². The van der Waals surface area contributed by atoms with E-state index in [9.17, 15) is 18.0 Å². The Labute approximate surface area is 234 Å². The summed E-state index contributed by atoms with van der Waals surface area (Å²) in [5, 5.41) is 11.3. The fraction of sp³-hybridized carbons (Fsp3) is 0. The number of hydrogen-bond acceptors (Lipinski definition) is 6. The number of rotatable bonds is 7. The minimum atomic E-state index is -3.94. The topological polar surface area (TPSA) is 149 Å². The predicted molar refractivity (Wildman–Crippen MR) is 152 cm³/mol. The van der Waals surface area contributed by atoms with Crippen LogP contribution in [0.3, 0.4) is 0 Å². The quantitative estimate of drug-likeness (QED) is 0.256. The summed E-state index contributed by atoms with van der Waals surface area (Å²) in [6.07, 6.45) is 6.34. The number of pyridine rings is 1. The van der Waals surface area contributed by atoms with Gasteiger partial charge in [-0.3, -0.25) is 9.59 Å². The van der Waals surface area contributed by atoms with E-state index in [0.717, 1.165) is 0 Å². The summed E-state index contributed by atoms with van der Waals surface area (Å²) in [7, 11) is -3.94. The number of nitrogens with zero attached hydrogens (tertiary/aromatic N) is 3. The molecule has 2 aromatic heterocycles. The second kappa shape index (κ2) is 11.1. The highest BCUT2D eigenvalue weighted by atomic mass is 35.5. The molecule has 3 aromatic carbocycles. The first-order valence-corrected chi connectivity index (χ1v) is 13.7. The van der Waals surface area contributed by atoms with E-state index in [2.05, 4.69) is 20.6 Å². The normalized spacial score (nSPS) is 11.2. The molecule has 0 aliphatic heterocycles. The summed E-state index contributed by atoms with van der Waals surface area (Å²) in [6, 6.07) is 20.8. The lowest BCUT2D eigenvalue weighted by atomic mass is 10.0. The van der Waals surface area contributed by atoms with Crippen molar-refractivity contribution in [1.29, 1.82) is 0 Å². The Morgan fingerprint density at radius 2 is 1.68 bits per heavy atom. The summed E-state index contributed by atoms with van der Waals surface area (Å²) in [5.74, 6) is -0.683. The first-order chi connectivity index (χ1) is 19.2. The number of aromatic nitrogens is 3. The molecule has 2 heterocycles. The average Bonchev–Trinajstić information content (AvgIpc) is 3.49. The number of nitrogens with one attached hydrogen (secondary N) is 2. The van der Waals surface area contributed by atoms with Gasteiger partial charge in [-0.25, -0.2) is 23.5 Å². The van der Waals surface area contributed by atoms with Gasteiger partial charge in [0.05, 0.1) is 27.5 Å². The SMILES string of the molecule is NS(=O)(=O)c1ccccc1-c1ccc(C(=O)Nc2ccc(-n3ccnc3)cc2C(=O)Nc2ccc(Cl)cn2)cc1. The van der Waals surface area contributed by atoms with E-state index in [-0.39, 0.29) is 22.0 Å². The van der Waals surface area contributed by atoms with Crippen LogP contribution in [0.5, 0.6) is 0 Å². The summed E-state index contributed by atoms with van der Waals surface area (Å²) in [5.41, 5.74) is 2.39. The Balaban J connectivity index is 1.43. The fourth-order valence-corrected chi connectivity index (χ4v) is 4.86. The van der Waals surface area contributed by atoms with E-state index in [1.807, 2.05) is 0 Å². The zero-order chi connectivity index (χ0) is 28.3. The Morgan fingerprint density at radius 3 is 2.35 bits per heavy atom. The van der Waals surface area contributed by atoms with E-state index >= 15 is 0 Å². The molecule has 0 radical (unpaired) electrons. The number of benzene rings is 3. The molecule has 0 spiro atoms. The van der Waals surface area contributed by atoms with Gasteiger partial charge < -0.3 is 15.2 Å². The third kappa shape index (κ3) is 5.91. The Hall–Kier alpha value is -4.84. The molecule has 0 fully saturated rings. The van der Waals surface area contributed by atoms with Gasteiger partial charge in [0.2, 0.25) is 10.0 Å². The van der Waals surface area contributed by atoms with Crippen LogP contribution in [-0.2, 0) is 10.0 Å². The lowest BCUT2D eigenvalue weighted by molar-refractivity contribution is 0.102. The highest BCUT2D eigenvalue weighted by Crippen LogP contribution is 2.27. The number of halogens is 1. The highest BCUT2D eigenvalue weighted by molar-refractivity contribution is 7.89. The summed E-state index contributed by atoms with van der Waals surface area (Å²) < 4.78 is 25.7. The number of carbonyl (C=O) groups is 2. The average molecular weight is 573 g/mol. The maximum atomic E-state index is 13.3. The number of nitrogens with two attached hydrogens (primary N) is 1. The second-order valence-electron chi connectivity index (χ2n) is 8.59. The van der Waals surface area contributed by atoms with Crippen molar-refractivity contribution < 1.29 is 18.0 Å². The minimum Gasteiger partial charge on any atom is -0.321 e. The van der Waals surface area contributed by atoms with Gasteiger partial charge in [-0.15, -0.1) is 0 Å². The van der Waals surface area contributed by atoms with Crippen molar-refractivity contribution in [3.63, 3.8) is 0 Å². The van der Waals surface area contributed by atoms with Crippen LogP contribution >= 0.6 is 11.6 Å². The molecule has 4 N–H and O–H groups in total. The molecule has 12 heteroatoms. The van der Waals surface area contributed by atoms with E-state index < -0.39 is 21.8 Å². The van der Waals surface area contributed by atoms with Gasteiger partial charge in [0.1, 0.15) is 5.82 Å². The van der Waals surface area contributed by atoms with Crippen LogP contribution < -0.4 is 15.8 Å². The maximum absolute atomic E-state index is 13.3. The van der Waals surface area contributed by atoms with Gasteiger partial charge in [-0.2, -0.15) is 0 Å². The van der Waals surface area contributed by atoms with E-state index in [0.29, 0.717) is 27.4 Å². The fourth-order valence-electron chi connectivity index (χ4n) is 3.98. The van der Waals surface area contributed by atoms with Gasteiger partial charge in [0.25, 0.3) is 11.8 Å². The van der Waals surface area contributed by atoms with E-state index in [1.165, 1.54) is 12.3 Å². The summed E-state index contributed by atoms with van der Waals surface area (Å²) >= 11 is 5.89. The lowest BCUT2D eigenvalue weighted by Gasteiger charge is -2.14. The molecule has 0 atom stereocenters. The molecule has 10 nitrogen and oxygen atoms in total. The molecule has 0 aliphatic carbocycles. The molecule has 2 amide bonds. The minimum absolute atomic E-state index is 0.0176. The largest absolute Gasteiger partial charge is 0.321 e.